The monoisotopic (exact) mass is 374 g/mol. The Bertz CT molecular complexity index is 771. The first-order valence-corrected chi connectivity index (χ1v) is 10.2. The molecule has 2 aromatic rings. The average Bonchev–Trinajstić information content (AvgIpc) is 3.01. The van der Waals surface area contributed by atoms with Gasteiger partial charge in [-0.2, -0.15) is 0 Å². The summed E-state index contributed by atoms with van der Waals surface area (Å²) in [5.41, 5.74) is 0.935. The number of nitrogens with one attached hydrogen (secondary N) is 2. The average molecular weight is 375 g/mol. The van der Waals surface area contributed by atoms with Gasteiger partial charge in [-0.25, -0.2) is 9.89 Å². The van der Waals surface area contributed by atoms with Crippen molar-refractivity contribution in [2.75, 3.05) is 5.75 Å². The van der Waals surface area contributed by atoms with Crippen LogP contribution < -0.4 is 11.0 Å². The molecule has 3 rings (SSSR count). The van der Waals surface area contributed by atoms with Gasteiger partial charge in [0.05, 0.1) is 5.75 Å². The second-order valence-corrected chi connectivity index (χ2v) is 7.87. The number of amides is 1. The second kappa shape index (κ2) is 9.07. The quantitative estimate of drug-likeness (QED) is 0.730. The van der Waals surface area contributed by atoms with Crippen LogP contribution in [0.3, 0.4) is 0 Å². The molecule has 2 N–H and O–H groups in total. The molecule has 1 aliphatic carbocycles. The van der Waals surface area contributed by atoms with Crippen molar-refractivity contribution in [3.8, 4) is 0 Å². The Kier molecular flexibility index (Phi) is 6.55. The molecule has 1 amide bonds. The van der Waals surface area contributed by atoms with Crippen molar-refractivity contribution in [1.29, 1.82) is 0 Å². The molecule has 0 spiro atoms. The van der Waals surface area contributed by atoms with Crippen LogP contribution in [-0.2, 0) is 17.8 Å². The molecule has 1 aromatic heterocycles. The highest BCUT2D eigenvalue weighted by atomic mass is 32.2. The van der Waals surface area contributed by atoms with Crippen LogP contribution >= 0.6 is 11.8 Å². The van der Waals surface area contributed by atoms with E-state index in [4.69, 9.17) is 0 Å². The van der Waals surface area contributed by atoms with Crippen molar-refractivity contribution in [2.45, 2.75) is 56.8 Å². The molecule has 0 bridgehead atoms. The third-order valence-electron chi connectivity index (χ3n) is 4.98. The minimum atomic E-state index is -0.232. The third-order valence-corrected chi connectivity index (χ3v) is 5.96. The smallest absolute Gasteiger partial charge is 0.343 e. The highest BCUT2D eigenvalue weighted by Crippen LogP contribution is 2.24. The number of aromatic nitrogens is 3. The molecule has 26 heavy (non-hydrogen) atoms. The van der Waals surface area contributed by atoms with Crippen LogP contribution in [-0.4, -0.2) is 32.5 Å². The maximum absolute atomic E-state index is 12.3. The standard InChI is InChI=1S/C19H26N4O2S/c1-14-7-5-6-10-16(14)20-17(24)13-26-19-22-21-18(25)23(19)12-11-15-8-3-2-4-9-15/h2-4,8-9,14,16H,5-7,10-13H2,1H3,(H,20,24)(H,21,25)/t14-,16+/m1/s1. The fourth-order valence-electron chi connectivity index (χ4n) is 3.41. The van der Waals surface area contributed by atoms with Crippen molar-refractivity contribution < 1.29 is 4.79 Å². The predicted octanol–water partition coefficient (Wildman–Crippen LogP) is 2.60. The number of aryl methyl sites for hydroxylation is 1. The molecule has 6 nitrogen and oxygen atoms in total. The van der Waals surface area contributed by atoms with Crippen molar-refractivity contribution in [2.24, 2.45) is 5.92 Å². The summed E-state index contributed by atoms with van der Waals surface area (Å²) in [4.78, 5) is 24.3. The number of nitrogens with zero attached hydrogens (tertiary/aromatic N) is 2. The van der Waals surface area contributed by atoms with Gasteiger partial charge in [0, 0.05) is 12.6 Å². The van der Waals surface area contributed by atoms with Crippen molar-refractivity contribution in [3.63, 3.8) is 0 Å². The van der Waals surface area contributed by atoms with Crippen LogP contribution in [0.5, 0.6) is 0 Å². The van der Waals surface area contributed by atoms with E-state index in [-0.39, 0.29) is 23.4 Å². The molecule has 1 saturated carbocycles. The first-order valence-electron chi connectivity index (χ1n) is 9.25. The Morgan fingerprint density at radius 2 is 2.08 bits per heavy atom. The molecule has 140 valence electrons. The molecule has 1 aliphatic rings. The van der Waals surface area contributed by atoms with E-state index >= 15 is 0 Å². The van der Waals surface area contributed by atoms with E-state index in [1.165, 1.54) is 36.6 Å². The van der Waals surface area contributed by atoms with Crippen LogP contribution in [0.1, 0.15) is 38.2 Å². The largest absolute Gasteiger partial charge is 0.352 e. The Labute approximate surface area is 157 Å². The highest BCUT2D eigenvalue weighted by molar-refractivity contribution is 7.99. The summed E-state index contributed by atoms with van der Waals surface area (Å²) < 4.78 is 1.61. The number of hydrogen-bond acceptors (Lipinski definition) is 4. The fraction of sp³-hybridized carbons (Fsp3) is 0.526. The Balaban J connectivity index is 1.53. The van der Waals surface area contributed by atoms with Crippen LogP contribution in [0, 0.1) is 5.92 Å². The van der Waals surface area contributed by atoms with Crippen LogP contribution in [0.4, 0.5) is 0 Å². The van der Waals surface area contributed by atoms with Gasteiger partial charge in [0.25, 0.3) is 0 Å². The summed E-state index contributed by atoms with van der Waals surface area (Å²) >= 11 is 1.31. The minimum Gasteiger partial charge on any atom is -0.352 e. The summed E-state index contributed by atoms with van der Waals surface area (Å²) in [6.45, 7) is 2.75. The maximum atomic E-state index is 12.3. The normalized spacial score (nSPS) is 20.0. The zero-order valence-electron chi connectivity index (χ0n) is 15.1. The first-order chi connectivity index (χ1) is 12.6. The molecule has 0 radical (unpaired) electrons. The number of carbonyl (C=O) groups excluding carboxylic acids is 1. The zero-order chi connectivity index (χ0) is 18.4. The predicted molar refractivity (Wildman–Crippen MR) is 103 cm³/mol. The van der Waals surface area contributed by atoms with Crippen LogP contribution in [0.2, 0.25) is 0 Å². The number of rotatable bonds is 7. The highest BCUT2D eigenvalue weighted by Gasteiger charge is 2.23. The topological polar surface area (TPSA) is 79.8 Å². The SMILES string of the molecule is C[C@@H]1CCCC[C@@H]1NC(=O)CSc1n[nH]c(=O)n1CCc1ccccc1. The van der Waals surface area contributed by atoms with Crippen molar-refractivity contribution >= 4 is 17.7 Å². The van der Waals surface area contributed by atoms with E-state index in [0.29, 0.717) is 17.6 Å². The van der Waals surface area contributed by atoms with Gasteiger partial charge in [0.1, 0.15) is 0 Å². The molecule has 2 atom stereocenters. The van der Waals surface area contributed by atoms with Gasteiger partial charge in [-0.05, 0) is 30.7 Å². The summed E-state index contributed by atoms with van der Waals surface area (Å²) in [6, 6.07) is 10.3. The molecule has 0 unspecified atom stereocenters. The number of thioether (sulfide) groups is 1. The van der Waals surface area contributed by atoms with Gasteiger partial charge >= 0.3 is 5.69 Å². The van der Waals surface area contributed by atoms with Crippen LogP contribution in [0.25, 0.3) is 0 Å². The van der Waals surface area contributed by atoms with E-state index in [1.807, 2.05) is 30.3 Å². The first kappa shape index (κ1) is 18.8. The molecule has 1 heterocycles. The van der Waals surface area contributed by atoms with Gasteiger partial charge in [-0.1, -0.05) is 61.9 Å². The van der Waals surface area contributed by atoms with Crippen molar-refractivity contribution in [1.82, 2.24) is 20.1 Å². The Hall–Kier alpha value is -2.02. The molecular weight excluding hydrogens is 348 g/mol. The number of H-pyrrole nitrogens is 1. The molecule has 1 fully saturated rings. The van der Waals surface area contributed by atoms with E-state index in [2.05, 4.69) is 22.4 Å². The van der Waals surface area contributed by atoms with Gasteiger partial charge in [-0.3, -0.25) is 9.36 Å². The van der Waals surface area contributed by atoms with E-state index < -0.39 is 0 Å². The summed E-state index contributed by atoms with van der Waals surface area (Å²) in [6.07, 6.45) is 5.42. The second-order valence-electron chi connectivity index (χ2n) is 6.92. The van der Waals surface area contributed by atoms with E-state index in [1.54, 1.807) is 4.57 Å². The Morgan fingerprint density at radius 3 is 2.85 bits per heavy atom. The lowest BCUT2D eigenvalue weighted by atomic mass is 9.86. The zero-order valence-corrected chi connectivity index (χ0v) is 15.9. The maximum Gasteiger partial charge on any atom is 0.343 e. The number of hydrogen-bond donors (Lipinski definition) is 2. The molecule has 1 aromatic carbocycles. The van der Waals surface area contributed by atoms with Gasteiger partial charge in [0.2, 0.25) is 5.91 Å². The number of carbonyl (C=O) groups is 1. The lowest BCUT2D eigenvalue weighted by molar-refractivity contribution is -0.119. The molecule has 0 saturated heterocycles. The third kappa shape index (κ3) is 5.00. The van der Waals surface area contributed by atoms with Crippen molar-refractivity contribution in [3.05, 3.63) is 46.4 Å². The minimum absolute atomic E-state index is 0.0128. The summed E-state index contributed by atoms with van der Waals surface area (Å²) in [5, 5.41) is 10.3. The van der Waals surface area contributed by atoms with Gasteiger partial charge in [-0.15, -0.1) is 5.10 Å². The lowest BCUT2D eigenvalue weighted by Crippen LogP contribution is -2.41. The van der Waals surface area contributed by atoms with E-state index in [9.17, 15) is 9.59 Å². The molecular formula is C19H26N4O2S. The summed E-state index contributed by atoms with van der Waals surface area (Å²) in [7, 11) is 0. The lowest BCUT2D eigenvalue weighted by Gasteiger charge is -2.29. The van der Waals surface area contributed by atoms with Gasteiger partial charge < -0.3 is 5.32 Å². The fourth-order valence-corrected chi connectivity index (χ4v) is 4.19. The summed E-state index contributed by atoms with van der Waals surface area (Å²) in [5.74, 6) is 0.824. The molecule has 7 heteroatoms. The van der Waals surface area contributed by atoms with E-state index in [0.717, 1.165) is 12.8 Å². The number of aromatic amines is 1. The van der Waals surface area contributed by atoms with Gasteiger partial charge in [0.15, 0.2) is 5.16 Å². The number of benzene rings is 1. The Morgan fingerprint density at radius 1 is 1.31 bits per heavy atom. The molecule has 0 aliphatic heterocycles. The van der Waals surface area contributed by atoms with Crippen LogP contribution in [0.15, 0.2) is 40.3 Å².